The molecule has 0 aliphatic rings. The third-order valence-electron chi connectivity index (χ3n) is 1.90. The largest absolute Gasteiger partial charge is 0.317 e. The first-order chi connectivity index (χ1) is 5.85. The zero-order valence-corrected chi connectivity index (χ0v) is 7.63. The highest BCUT2D eigenvalue weighted by atomic mass is 16.5. The Hall–Kier alpha value is -0.600. The van der Waals surface area contributed by atoms with E-state index < -0.39 is 0 Å². The highest BCUT2D eigenvalue weighted by Gasteiger charge is 2.03. The van der Waals surface area contributed by atoms with E-state index in [1.165, 1.54) is 0 Å². The number of allylic oxidation sites excluding steroid dienone is 2. The Morgan fingerprint density at radius 2 is 1.83 bits per heavy atom. The van der Waals surface area contributed by atoms with Gasteiger partial charge in [0.2, 0.25) is 0 Å². The van der Waals surface area contributed by atoms with Crippen LogP contribution in [-0.2, 0) is 0 Å². The van der Waals surface area contributed by atoms with Gasteiger partial charge in [-0.25, -0.2) is 5.48 Å². The molecule has 0 bridgehead atoms. The average molecular weight is 169 g/mol. The van der Waals surface area contributed by atoms with E-state index in [0.717, 1.165) is 25.7 Å². The van der Waals surface area contributed by atoms with Crippen molar-refractivity contribution in [3.8, 4) is 0 Å². The number of nitrogens with one attached hydrogen (secondary N) is 1. The minimum atomic E-state index is 0.647. The molecule has 0 saturated heterocycles. The van der Waals surface area contributed by atoms with Crippen molar-refractivity contribution in [1.82, 2.24) is 5.48 Å². The van der Waals surface area contributed by atoms with E-state index >= 15 is 0 Å². The summed E-state index contributed by atoms with van der Waals surface area (Å²) in [6, 6.07) is 0. The van der Waals surface area contributed by atoms with Crippen LogP contribution in [0, 0.1) is 5.92 Å². The number of hydroxylamine groups is 1. The summed E-state index contributed by atoms with van der Waals surface area (Å²) in [6.45, 7) is 8.09. The summed E-state index contributed by atoms with van der Waals surface area (Å²) < 4.78 is 0. The molecule has 0 amide bonds. The second-order valence-corrected chi connectivity index (χ2v) is 2.97. The van der Waals surface area contributed by atoms with Crippen LogP contribution >= 0.6 is 0 Å². The van der Waals surface area contributed by atoms with Gasteiger partial charge in [0.25, 0.3) is 0 Å². The third kappa shape index (κ3) is 6.13. The molecule has 12 heavy (non-hydrogen) atoms. The van der Waals surface area contributed by atoms with E-state index in [-0.39, 0.29) is 0 Å². The maximum atomic E-state index is 8.35. The highest BCUT2D eigenvalue weighted by Crippen LogP contribution is 2.15. The molecule has 0 rings (SSSR count). The highest BCUT2D eigenvalue weighted by molar-refractivity contribution is 4.79. The van der Waals surface area contributed by atoms with Crippen molar-refractivity contribution in [2.24, 2.45) is 5.92 Å². The van der Waals surface area contributed by atoms with Gasteiger partial charge in [-0.1, -0.05) is 12.2 Å². The first-order valence-corrected chi connectivity index (χ1v) is 4.43. The molecule has 0 aromatic carbocycles. The van der Waals surface area contributed by atoms with Crippen LogP contribution in [0.5, 0.6) is 0 Å². The lowest BCUT2D eigenvalue weighted by Gasteiger charge is -2.11. The molecule has 0 heterocycles. The minimum Gasteiger partial charge on any atom is -0.317 e. The zero-order valence-electron chi connectivity index (χ0n) is 7.63. The molecular weight excluding hydrogens is 150 g/mol. The lowest BCUT2D eigenvalue weighted by atomic mass is 9.96. The molecule has 0 saturated carbocycles. The number of hydrogen-bond acceptors (Lipinski definition) is 2. The SMILES string of the molecule is C=CCC(CC=C)CCCNO. The second kappa shape index (κ2) is 8.50. The summed E-state index contributed by atoms with van der Waals surface area (Å²) in [7, 11) is 0. The van der Waals surface area contributed by atoms with Crippen molar-refractivity contribution < 1.29 is 5.21 Å². The summed E-state index contributed by atoms with van der Waals surface area (Å²) in [6.07, 6.45) is 8.09. The van der Waals surface area contributed by atoms with Gasteiger partial charge in [0.15, 0.2) is 0 Å². The van der Waals surface area contributed by atoms with E-state index in [1.807, 2.05) is 12.2 Å². The standard InChI is InChI=1S/C10H19NO/c1-3-6-10(7-4-2)8-5-9-11-12/h3-4,10-12H,1-2,5-9H2. The summed E-state index contributed by atoms with van der Waals surface area (Å²) in [5, 5.41) is 8.35. The van der Waals surface area contributed by atoms with Gasteiger partial charge in [0.1, 0.15) is 0 Å². The van der Waals surface area contributed by atoms with Crippen LogP contribution < -0.4 is 5.48 Å². The minimum absolute atomic E-state index is 0.647. The van der Waals surface area contributed by atoms with Gasteiger partial charge in [-0.2, -0.15) is 0 Å². The van der Waals surface area contributed by atoms with Crippen molar-refractivity contribution in [2.75, 3.05) is 6.54 Å². The third-order valence-corrected chi connectivity index (χ3v) is 1.90. The van der Waals surface area contributed by atoms with E-state index in [2.05, 4.69) is 18.6 Å². The van der Waals surface area contributed by atoms with Crippen LogP contribution in [0.25, 0.3) is 0 Å². The summed E-state index contributed by atoms with van der Waals surface area (Å²) in [5.74, 6) is 0.647. The molecule has 0 radical (unpaired) electrons. The number of hydrogen-bond donors (Lipinski definition) is 2. The Morgan fingerprint density at radius 1 is 1.25 bits per heavy atom. The van der Waals surface area contributed by atoms with Gasteiger partial charge >= 0.3 is 0 Å². The van der Waals surface area contributed by atoms with Crippen molar-refractivity contribution in [1.29, 1.82) is 0 Å². The smallest absolute Gasteiger partial charge is 0.0207 e. The maximum absolute atomic E-state index is 8.35. The molecule has 0 spiro atoms. The Bertz CT molecular complexity index is 113. The Kier molecular flexibility index (Phi) is 8.07. The topological polar surface area (TPSA) is 32.3 Å². The van der Waals surface area contributed by atoms with E-state index in [4.69, 9.17) is 5.21 Å². The van der Waals surface area contributed by atoms with Gasteiger partial charge in [-0.3, -0.25) is 0 Å². The van der Waals surface area contributed by atoms with Crippen molar-refractivity contribution in [3.63, 3.8) is 0 Å². The molecule has 0 aromatic rings. The Balaban J connectivity index is 3.47. The van der Waals surface area contributed by atoms with Gasteiger partial charge in [0, 0.05) is 6.54 Å². The fourth-order valence-electron chi connectivity index (χ4n) is 1.27. The van der Waals surface area contributed by atoms with Crippen molar-refractivity contribution in [3.05, 3.63) is 25.3 Å². The van der Waals surface area contributed by atoms with Crippen LogP contribution in [0.3, 0.4) is 0 Å². The van der Waals surface area contributed by atoms with Gasteiger partial charge in [-0.15, -0.1) is 13.2 Å². The lowest BCUT2D eigenvalue weighted by Crippen LogP contribution is -2.10. The molecule has 0 aromatic heterocycles. The first kappa shape index (κ1) is 11.4. The molecule has 70 valence electrons. The maximum Gasteiger partial charge on any atom is 0.0207 e. The predicted molar refractivity (Wildman–Crippen MR) is 52.1 cm³/mol. The lowest BCUT2D eigenvalue weighted by molar-refractivity contribution is 0.163. The van der Waals surface area contributed by atoms with Gasteiger partial charge in [0.05, 0.1) is 0 Å². The first-order valence-electron chi connectivity index (χ1n) is 4.43. The van der Waals surface area contributed by atoms with Gasteiger partial charge < -0.3 is 5.21 Å². The van der Waals surface area contributed by atoms with E-state index in [9.17, 15) is 0 Å². The fraction of sp³-hybridized carbons (Fsp3) is 0.600. The summed E-state index contributed by atoms with van der Waals surface area (Å²) >= 11 is 0. The quantitative estimate of drug-likeness (QED) is 0.332. The van der Waals surface area contributed by atoms with Crippen LogP contribution in [0.15, 0.2) is 25.3 Å². The monoisotopic (exact) mass is 169 g/mol. The van der Waals surface area contributed by atoms with Crippen molar-refractivity contribution in [2.45, 2.75) is 25.7 Å². The van der Waals surface area contributed by atoms with E-state index in [1.54, 1.807) is 0 Å². The average Bonchev–Trinajstić information content (AvgIpc) is 2.06. The predicted octanol–water partition coefficient (Wildman–Crippen LogP) is 2.51. The van der Waals surface area contributed by atoms with Crippen LogP contribution in [-0.4, -0.2) is 11.8 Å². The molecule has 2 heteroatoms. The molecule has 0 atom stereocenters. The Labute approximate surface area is 74.9 Å². The summed E-state index contributed by atoms with van der Waals surface area (Å²) in [5.41, 5.74) is 2.16. The molecule has 0 aliphatic carbocycles. The molecule has 0 fully saturated rings. The molecule has 2 N–H and O–H groups in total. The van der Waals surface area contributed by atoms with Crippen LogP contribution in [0.1, 0.15) is 25.7 Å². The van der Waals surface area contributed by atoms with E-state index in [0.29, 0.717) is 12.5 Å². The number of rotatable bonds is 8. The molecule has 0 aliphatic heterocycles. The fourth-order valence-corrected chi connectivity index (χ4v) is 1.27. The second-order valence-electron chi connectivity index (χ2n) is 2.97. The Morgan fingerprint density at radius 3 is 2.25 bits per heavy atom. The van der Waals surface area contributed by atoms with Crippen LogP contribution in [0.4, 0.5) is 0 Å². The van der Waals surface area contributed by atoms with Gasteiger partial charge in [-0.05, 0) is 31.6 Å². The van der Waals surface area contributed by atoms with Crippen molar-refractivity contribution >= 4 is 0 Å². The molecular formula is C10H19NO. The molecule has 0 unspecified atom stereocenters. The van der Waals surface area contributed by atoms with Crippen LogP contribution in [0.2, 0.25) is 0 Å². The zero-order chi connectivity index (χ0) is 9.23. The normalized spacial score (nSPS) is 10.2. The molecule has 2 nitrogen and oxygen atoms in total. The summed E-state index contributed by atoms with van der Waals surface area (Å²) in [4.78, 5) is 0.